The second-order valence-electron chi connectivity index (χ2n) is 3.26. The SMILES string of the molecule is CCOc1ccccc1OC(CN)C(F)(F)F. The number of alkyl halides is 3. The molecule has 0 aliphatic carbocycles. The van der Waals surface area contributed by atoms with Crippen LogP contribution in [0.15, 0.2) is 24.3 Å². The molecule has 0 aliphatic heterocycles. The number of halogens is 3. The summed E-state index contributed by atoms with van der Waals surface area (Å²) >= 11 is 0. The molecule has 0 spiro atoms. The van der Waals surface area contributed by atoms with Crippen LogP contribution in [0.5, 0.6) is 11.5 Å². The largest absolute Gasteiger partial charge is 0.490 e. The number of hydrogen-bond acceptors (Lipinski definition) is 3. The van der Waals surface area contributed by atoms with Gasteiger partial charge in [0.25, 0.3) is 0 Å². The molecule has 1 aromatic carbocycles. The first-order valence-corrected chi connectivity index (χ1v) is 5.14. The van der Waals surface area contributed by atoms with Crippen molar-refractivity contribution in [2.45, 2.75) is 19.2 Å². The molecule has 0 aliphatic rings. The standard InChI is InChI=1S/C11H14F3NO2/c1-2-16-8-5-3-4-6-9(8)17-10(7-15)11(12,13)14/h3-6,10H,2,7,15H2,1H3. The second kappa shape index (κ2) is 5.77. The van der Waals surface area contributed by atoms with Crippen molar-refractivity contribution in [3.8, 4) is 11.5 Å². The van der Waals surface area contributed by atoms with Gasteiger partial charge in [0.2, 0.25) is 6.10 Å². The zero-order valence-corrected chi connectivity index (χ0v) is 9.33. The van der Waals surface area contributed by atoms with Crippen molar-refractivity contribution in [2.24, 2.45) is 5.73 Å². The van der Waals surface area contributed by atoms with E-state index in [0.717, 1.165) is 0 Å². The lowest BCUT2D eigenvalue weighted by molar-refractivity contribution is -0.191. The van der Waals surface area contributed by atoms with Gasteiger partial charge in [-0.3, -0.25) is 0 Å². The summed E-state index contributed by atoms with van der Waals surface area (Å²) in [6, 6.07) is 6.19. The quantitative estimate of drug-likeness (QED) is 0.871. The third-order valence-electron chi connectivity index (χ3n) is 2.00. The molecular weight excluding hydrogens is 235 g/mol. The minimum atomic E-state index is -4.49. The molecule has 0 saturated heterocycles. The molecular formula is C11H14F3NO2. The zero-order valence-electron chi connectivity index (χ0n) is 9.33. The van der Waals surface area contributed by atoms with Gasteiger partial charge in [0.05, 0.1) is 6.61 Å². The lowest BCUT2D eigenvalue weighted by Gasteiger charge is -2.21. The maximum absolute atomic E-state index is 12.5. The van der Waals surface area contributed by atoms with E-state index in [1.165, 1.54) is 6.07 Å². The smallest absolute Gasteiger partial charge is 0.426 e. The first-order valence-electron chi connectivity index (χ1n) is 5.14. The van der Waals surface area contributed by atoms with Gasteiger partial charge >= 0.3 is 6.18 Å². The van der Waals surface area contributed by atoms with E-state index < -0.39 is 18.8 Å². The Kier molecular flexibility index (Phi) is 4.62. The Labute approximate surface area is 97.3 Å². The summed E-state index contributed by atoms with van der Waals surface area (Å²) in [5.74, 6) is 0.319. The number of rotatable bonds is 5. The molecule has 96 valence electrons. The highest BCUT2D eigenvalue weighted by Gasteiger charge is 2.41. The van der Waals surface area contributed by atoms with E-state index in [9.17, 15) is 13.2 Å². The van der Waals surface area contributed by atoms with E-state index in [1.54, 1.807) is 25.1 Å². The van der Waals surface area contributed by atoms with Crippen LogP contribution in [0.2, 0.25) is 0 Å². The van der Waals surface area contributed by atoms with Crippen molar-refractivity contribution >= 4 is 0 Å². The van der Waals surface area contributed by atoms with Gasteiger partial charge in [0.15, 0.2) is 11.5 Å². The molecule has 0 saturated carbocycles. The Bertz CT molecular complexity index is 355. The molecule has 0 radical (unpaired) electrons. The van der Waals surface area contributed by atoms with Crippen LogP contribution in [-0.4, -0.2) is 25.4 Å². The van der Waals surface area contributed by atoms with Crippen LogP contribution in [-0.2, 0) is 0 Å². The van der Waals surface area contributed by atoms with E-state index >= 15 is 0 Å². The Morgan fingerprint density at radius 3 is 2.29 bits per heavy atom. The van der Waals surface area contributed by atoms with Crippen LogP contribution >= 0.6 is 0 Å². The highest BCUT2D eigenvalue weighted by atomic mass is 19.4. The summed E-state index contributed by atoms with van der Waals surface area (Å²) in [5.41, 5.74) is 5.04. The van der Waals surface area contributed by atoms with Crippen molar-refractivity contribution in [3.63, 3.8) is 0 Å². The van der Waals surface area contributed by atoms with Crippen LogP contribution in [0.3, 0.4) is 0 Å². The average Bonchev–Trinajstić information content (AvgIpc) is 2.26. The summed E-state index contributed by atoms with van der Waals surface area (Å²) in [6.07, 6.45) is -6.52. The predicted octanol–water partition coefficient (Wildman–Crippen LogP) is 2.35. The van der Waals surface area contributed by atoms with Gasteiger partial charge in [-0.2, -0.15) is 13.2 Å². The first kappa shape index (κ1) is 13.6. The van der Waals surface area contributed by atoms with Crippen LogP contribution in [0.1, 0.15) is 6.92 Å². The summed E-state index contributed by atoms with van der Waals surface area (Å²) in [4.78, 5) is 0. The van der Waals surface area contributed by atoms with E-state index in [-0.39, 0.29) is 11.5 Å². The average molecular weight is 249 g/mol. The molecule has 3 nitrogen and oxygen atoms in total. The first-order chi connectivity index (χ1) is 7.99. The van der Waals surface area contributed by atoms with Crippen molar-refractivity contribution in [1.82, 2.24) is 0 Å². The lowest BCUT2D eigenvalue weighted by Crippen LogP contribution is -2.40. The summed E-state index contributed by atoms with van der Waals surface area (Å²) in [7, 11) is 0. The van der Waals surface area contributed by atoms with Crippen LogP contribution in [0.25, 0.3) is 0 Å². The van der Waals surface area contributed by atoms with Gasteiger partial charge in [0.1, 0.15) is 0 Å². The van der Waals surface area contributed by atoms with Gasteiger partial charge in [0, 0.05) is 6.54 Å². The number of para-hydroxylation sites is 2. The van der Waals surface area contributed by atoms with Gasteiger partial charge in [-0.25, -0.2) is 0 Å². The van der Waals surface area contributed by atoms with E-state index in [0.29, 0.717) is 6.61 Å². The fourth-order valence-corrected chi connectivity index (χ4v) is 1.22. The monoisotopic (exact) mass is 249 g/mol. The fourth-order valence-electron chi connectivity index (χ4n) is 1.22. The molecule has 1 atom stereocenters. The Balaban J connectivity index is 2.86. The molecule has 1 rings (SSSR count). The normalized spacial score (nSPS) is 13.2. The Morgan fingerprint density at radius 2 is 1.82 bits per heavy atom. The number of nitrogens with two attached hydrogens (primary N) is 1. The Hall–Kier alpha value is -1.43. The van der Waals surface area contributed by atoms with E-state index in [1.807, 2.05) is 0 Å². The summed E-state index contributed by atoms with van der Waals surface area (Å²) in [5, 5.41) is 0. The molecule has 1 unspecified atom stereocenters. The van der Waals surface area contributed by atoms with Crippen molar-refractivity contribution in [3.05, 3.63) is 24.3 Å². The molecule has 0 amide bonds. The highest BCUT2D eigenvalue weighted by Crippen LogP contribution is 2.31. The minimum Gasteiger partial charge on any atom is -0.490 e. The maximum Gasteiger partial charge on any atom is 0.426 e. The molecule has 1 aromatic rings. The molecule has 0 bridgehead atoms. The van der Waals surface area contributed by atoms with Crippen molar-refractivity contribution in [1.29, 1.82) is 0 Å². The predicted molar refractivity (Wildman–Crippen MR) is 57.1 cm³/mol. The molecule has 2 N–H and O–H groups in total. The van der Waals surface area contributed by atoms with E-state index in [4.69, 9.17) is 15.2 Å². The third kappa shape index (κ3) is 3.81. The number of benzene rings is 1. The molecule has 0 heterocycles. The number of hydrogen-bond donors (Lipinski definition) is 1. The summed E-state index contributed by atoms with van der Waals surface area (Å²) < 4.78 is 47.4. The van der Waals surface area contributed by atoms with Crippen LogP contribution in [0.4, 0.5) is 13.2 Å². The van der Waals surface area contributed by atoms with E-state index in [2.05, 4.69) is 0 Å². The zero-order chi connectivity index (χ0) is 12.9. The second-order valence-corrected chi connectivity index (χ2v) is 3.26. The van der Waals surface area contributed by atoms with Crippen LogP contribution in [0, 0.1) is 0 Å². The molecule has 17 heavy (non-hydrogen) atoms. The fraction of sp³-hybridized carbons (Fsp3) is 0.455. The Morgan fingerprint density at radius 1 is 1.24 bits per heavy atom. The molecule has 0 fully saturated rings. The third-order valence-corrected chi connectivity index (χ3v) is 2.00. The van der Waals surface area contributed by atoms with Crippen LogP contribution < -0.4 is 15.2 Å². The summed E-state index contributed by atoms with van der Waals surface area (Å²) in [6.45, 7) is 1.45. The minimum absolute atomic E-state index is 0.0436. The number of ether oxygens (including phenoxy) is 2. The van der Waals surface area contributed by atoms with Gasteiger partial charge in [-0.05, 0) is 19.1 Å². The van der Waals surface area contributed by atoms with Gasteiger partial charge in [-0.15, -0.1) is 0 Å². The van der Waals surface area contributed by atoms with Gasteiger partial charge < -0.3 is 15.2 Å². The highest BCUT2D eigenvalue weighted by molar-refractivity contribution is 5.39. The molecule has 0 aromatic heterocycles. The van der Waals surface area contributed by atoms with Crippen molar-refractivity contribution in [2.75, 3.05) is 13.2 Å². The van der Waals surface area contributed by atoms with Gasteiger partial charge in [-0.1, -0.05) is 12.1 Å². The maximum atomic E-state index is 12.5. The van der Waals surface area contributed by atoms with Crippen molar-refractivity contribution < 1.29 is 22.6 Å². The topological polar surface area (TPSA) is 44.5 Å². The molecule has 6 heteroatoms. The lowest BCUT2D eigenvalue weighted by atomic mass is 10.3.